The van der Waals surface area contributed by atoms with E-state index in [1.54, 1.807) is 0 Å². The molecule has 0 atom stereocenters. The first kappa shape index (κ1) is 23.7. The van der Waals surface area contributed by atoms with Gasteiger partial charge in [0.2, 0.25) is 0 Å². The van der Waals surface area contributed by atoms with Crippen molar-refractivity contribution in [2.75, 3.05) is 0 Å². The molecule has 0 saturated heterocycles. The van der Waals surface area contributed by atoms with E-state index in [0.29, 0.717) is 0 Å². The Morgan fingerprint density at radius 3 is 1.71 bits per heavy atom. The number of hydrogen-bond donors (Lipinski definition) is 1. The van der Waals surface area contributed by atoms with Crippen LogP contribution in [0.5, 0.6) is 0 Å². The van der Waals surface area contributed by atoms with Gasteiger partial charge in [-0.3, -0.25) is 4.79 Å². The summed E-state index contributed by atoms with van der Waals surface area (Å²) in [7, 11) is 0. The van der Waals surface area contributed by atoms with Crippen molar-refractivity contribution in [3.63, 3.8) is 0 Å². The van der Waals surface area contributed by atoms with Gasteiger partial charge in [-0.15, -0.1) is 17.0 Å². The van der Waals surface area contributed by atoms with Crippen LogP contribution in [0.2, 0.25) is 0 Å². The largest absolute Gasteiger partial charge is 1.00 e. The Bertz CT molecular complexity index is 43.0. The molecule has 0 aromatic rings. The summed E-state index contributed by atoms with van der Waals surface area (Å²) in [6, 6.07) is 0. The van der Waals surface area contributed by atoms with Gasteiger partial charge in [0.05, 0.1) is 0 Å². The average molecular weight is 224 g/mol. The SMILES string of the molecule is Br.CC(=O)O.[Co].[H-].[Na+]. The van der Waals surface area contributed by atoms with Crippen LogP contribution < -0.4 is 29.6 Å². The molecule has 0 heterocycles. The molecule has 2 nitrogen and oxygen atoms in total. The second-order valence-corrected chi connectivity index (χ2v) is 0.519. The third kappa shape index (κ3) is 105. The van der Waals surface area contributed by atoms with Crippen LogP contribution in [-0.4, -0.2) is 11.1 Å². The van der Waals surface area contributed by atoms with E-state index in [4.69, 9.17) is 9.90 Å². The van der Waals surface area contributed by atoms with E-state index < -0.39 is 5.97 Å². The van der Waals surface area contributed by atoms with Gasteiger partial charge in [0.1, 0.15) is 0 Å². The van der Waals surface area contributed by atoms with E-state index in [2.05, 4.69) is 0 Å². The molecule has 1 N–H and O–H groups in total. The van der Waals surface area contributed by atoms with Gasteiger partial charge >= 0.3 is 29.6 Å². The van der Waals surface area contributed by atoms with Crippen LogP contribution in [0.1, 0.15) is 8.35 Å². The zero-order valence-corrected chi connectivity index (χ0v) is 8.85. The second kappa shape index (κ2) is 15.7. The quantitative estimate of drug-likeness (QED) is 0.473. The first-order valence-corrected chi connectivity index (χ1v) is 0.928. The fraction of sp³-hybridized carbons (Fsp3) is 0.500. The summed E-state index contributed by atoms with van der Waals surface area (Å²) >= 11 is 0. The summed E-state index contributed by atoms with van der Waals surface area (Å²) in [5, 5.41) is 7.42. The molecule has 0 aromatic carbocycles. The summed E-state index contributed by atoms with van der Waals surface area (Å²) in [6.07, 6.45) is 0. The van der Waals surface area contributed by atoms with E-state index in [-0.39, 0.29) is 64.7 Å². The molecule has 0 aromatic heterocycles. The number of aliphatic carboxylic acids is 1. The van der Waals surface area contributed by atoms with Gasteiger partial charge < -0.3 is 6.53 Å². The van der Waals surface area contributed by atoms with Crippen LogP contribution in [0.25, 0.3) is 0 Å². The first-order chi connectivity index (χ1) is 1.73. The molecule has 0 bridgehead atoms. The Balaban J connectivity index is -0.00000000750. The summed E-state index contributed by atoms with van der Waals surface area (Å²) in [5.74, 6) is -0.833. The monoisotopic (exact) mass is 223 g/mol. The van der Waals surface area contributed by atoms with Crippen molar-refractivity contribution in [2.45, 2.75) is 6.92 Å². The van der Waals surface area contributed by atoms with Crippen molar-refractivity contribution < 1.29 is 57.7 Å². The number of carbonyl (C=O) groups is 1. The van der Waals surface area contributed by atoms with Crippen molar-refractivity contribution in [3.8, 4) is 0 Å². The predicted molar refractivity (Wildman–Crippen MR) is 24.7 cm³/mol. The van der Waals surface area contributed by atoms with Gasteiger partial charge in [-0.2, -0.15) is 0 Å². The topological polar surface area (TPSA) is 37.3 Å². The molecule has 0 saturated carbocycles. The number of rotatable bonds is 0. The van der Waals surface area contributed by atoms with Crippen molar-refractivity contribution in [3.05, 3.63) is 0 Å². The smallest absolute Gasteiger partial charge is 1.00 e. The molecular formula is C2H6BrCoNaO2. The minimum absolute atomic E-state index is 0. The fourth-order valence-corrected chi connectivity index (χ4v) is 0. The van der Waals surface area contributed by atoms with Gasteiger partial charge in [0.25, 0.3) is 5.97 Å². The Labute approximate surface area is 86.8 Å². The first-order valence-electron chi connectivity index (χ1n) is 0.928. The molecule has 1 radical (unpaired) electrons. The fourth-order valence-electron chi connectivity index (χ4n) is 0. The Kier molecular flexibility index (Phi) is 52.9. The average Bonchev–Trinajstić information content (AvgIpc) is 0.811. The molecule has 0 fully saturated rings. The number of carboxylic acid groups (broad SMARTS) is 1. The Morgan fingerprint density at radius 1 is 1.71 bits per heavy atom. The van der Waals surface area contributed by atoms with E-state index in [1.807, 2.05) is 0 Å². The van der Waals surface area contributed by atoms with Crippen molar-refractivity contribution >= 4 is 23.0 Å². The molecule has 0 spiro atoms. The zero-order chi connectivity index (χ0) is 3.58. The van der Waals surface area contributed by atoms with Crippen molar-refractivity contribution in [1.82, 2.24) is 0 Å². The van der Waals surface area contributed by atoms with Crippen LogP contribution in [0.4, 0.5) is 0 Å². The molecule has 5 heteroatoms. The Hall–Kier alpha value is 1.46. The summed E-state index contributed by atoms with van der Waals surface area (Å²) in [6.45, 7) is 1.08. The number of carboxylic acids is 1. The van der Waals surface area contributed by atoms with Crippen LogP contribution in [0.3, 0.4) is 0 Å². The maximum Gasteiger partial charge on any atom is 1.00 e. The standard InChI is InChI=1S/C2H4O2.BrH.Co.Na.H/c1-2(3)4;;;;/h1H3,(H,3,4);1H;;;/q;;;+1;-1. The molecule has 43 valence electrons. The summed E-state index contributed by atoms with van der Waals surface area (Å²) in [5.41, 5.74) is 0. The maximum absolute atomic E-state index is 9.00. The molecule has 7 heavy (non-hydrogen) atoms. The van der Waals surface area contributed by atoms with E-state index >= 15 is 0 Å². The van der Waals surface area contributed by atoms with Crippen molar-refractivity contribution in [2.24, 2.45) is 0 Å². The zero-order valence-electron chi connectivity index (χ0n) is 5.10. The Morgan fingerprint density at radius 2 is 1.71 bits per heavy atom. The van der Waals surface area contributed by atoms with E-state index in [1.165, 1.54) is 0 Å². The minimum atomic E-state index is -0.833. The molecule has 0 unspecified atom stereocenters. The molecule has 0 amide bonds. The van der Waals surface area contributed by atoms with Gasteiger partial charge in [0.15, 0.2) is 0 Å². The van der Waals surface area contributed by atoms with E-state index in [0.717, 1.165) is 6.92 Å². The summed E-state index contributed by atoms with van der Waals surface area (Å²) < 4.78 is 0. The predicted octanol–water partition coefficient (Wildman–Crippen LogP) is -2.22. The van der Waals surface area contributed by atoms with Crippen LogP contribution in [-0.2, 0) is 21.6 Å². The van der Waals surface area contributed by atoms with Crippen LogP contribution in [0, 0.1) is 0 Å². The second-order valence-electron chi connectivity index (χ2n) is 0.519. The number of hydrogen-bond acceptors (Lipinski definition) is 1. The third-order valence-electron chi connectivity index (χ3n) is 0. The molecular weight excluding hydrogens is 218 g/mol. The minimum Gasteiger partial charge on any atom is -1.00 e. The third-order valence-corrected chi connectivity index (χ3v) is 0. The number of halogens is 1. The van der Waals surface area contributed by atoms with E-state index in [9.17, 15) is 0 Å². The van der Waals surface area contributed by atoms with Gasteiger partial charge in [-0.1, -0.05) is 0 Å². The summed E-state index contributed by atoms with van der Waals surface area (Å²) in [4.78, 5) is 9.00. The molecule has 0 aliphatic carbocycles. The van der Waals surface area contributed by atoms with Gasteiger partial charge in [-0.05, 0) is 0 Å². The molecule has 0 aliphatic rings. The van der Waals surface area contributed by atoms with Gasteiger partial charge in [-0.25, -0.2) is 0 Å². The van der Waals surface area contributed by atoms with Crippen molar-refractivity contribution in [1.29, 1.82) is 0 Å². The van der Waals surface area contributed by atoms with Crippen LogP contribution in [0.15, 0.2) is 0 Å². The van der Waals surface area contributed by atoms with Gasteiger partial charge in [0, 0.05) is 23.7 Å². The van der Waals surface area contributed by atoms with Crippen LogP contribution >= 0.6 is 17.0 Å². The maximum atomic E-state index is 9.00. The molecule has 0 rings (SSSR count). The normalized spacial score (nSPS) is 3.57. The molecule has 0 aliphatic heterocycles.